The number of aliphatic carboxylic acids is 1. The topological polar surface area (TPSA) is 109 Å². The fourth-order valence-corrected chi connectivity index (χ4v) is 3.90. The third kappa shape index (κ3) is 7.96. The zero-order valence-corrected chi connectivity index (χ0v) is 20.2. The smallest absolute Gasteiger partial charge is 0.412 e. The highest BCUT2D eigenvalue weighted by Gasteiger charge is 2.22. The number of nitrogens with zero attached hydrogens (tertiary/aromatic N) is 2. The Hall–Kier alpha value is -3.65. The number of amides is 2. The Morgan fingerprint density at radius 1 is 1.09 bits per heavy atom. The highest BCUT2D eigenvalue weighted by Crippen LogP contribution is 2.19. The Kier molecular flexibility index (Phi) is 9.43. The van der Waals surface area contributed by atoms with Crippen molar-refractivity contribution in [3.8, 4) is 0 Å². The summed E-state index contributed by atoms with van der Waals surface area (Å²) in [7, 11) is 1.63. The lowest BCUT2D eigenvalue weighted by atomic mass is 10.1. The van der Waals surface area contributed by atoms with Gasteiger partial charge in [-0.1, -0.05) is 54.1 Å². The number of ether oxygens (including phenoxy) is 1. The first-order valence-electron chi connectivity index (χ1n) is 11.3. The van der Waals surface area contributed by atoms with Crippen molar-refractivity contribution in [2.75, 3.05) is 19.0 Å². The van der Waals surface area contributed by atoms with Crippen molar-refractivity contribution in [3.63, 3.8) is 0 Å². The molecule has 1 atom stereocenters. The van der Waals surface area contributed by atoms with Crippen molar-refractivity contribution in [2.45, 2.75) is 38.1 Å². The second-order valence-electron chi connectivity index (χ2n) is 8.18. The average Bonchev–Trinajstić information content (AvgIpc) is 2.84. The number of pyridine rings is 1. The number of carboxylic acid groups (broad SMARTS) is 1. The summed E-state index contributed by atoms with van der Waals surface area (Å²) >= 11 is 6.18. The number of rotatable bonds is 11. The minimum atomic E-state index is -0.919. The van der Waals surface area contributed by atoms with Crippen LogP contribution in [0.25, 0.3) is 10.8 Å². The lowest BCUT2D eigenvalue weighted by Gasteiger charge is -2.28. The van der Waals surface area contributed by atoms with E-state index in [9.17, 15) is 14.4 Å². The molecule has 184 valence electrons. The quantitative estimate of drug-likeness (QED) is 0.379. The number of aryl methyl sites for hydroxylation is 1. The molecule has 8 nitrogen and oxygen atoms in total. The molecule has 0 bridgehead atoms. The molecular weight excluding hydrogens is 470 g/mol. The van der Waals surface area contributed by atoms with E-state index >= 15 is 0 Å². The van der Waals surface area contributed by atoms with Crippen molar-refractivity contribution in [1.82, 2.24) is 9.88 Å². The van der Waals surface area contributed by atoms with Crippen molar-refractivity contribution < 1.29 is 24.2 Å². The zero-order chi connectivity index (χ0) is 25.2. The molecule has 0 saturated carbocycles. The highest BCUT2D eigenvalue weighted by molar-refractivity contribution is 6.31. The third-order valence-corrected chi connectivity index (χ3v) is 6.07. The first-order valence-corrected chi connectivity index (χ1v) is 11.7. The van der Waals surface area contributed by atoms with Crippen molar-refractivity contribution in [3.05, 3.63) is 71.4 Å². The van der Waals surface area contributed by atoms with Crippen LogP contribution in [0.1, 0.15) is 31.2 Å². The van der Waals surface area contributed by atoms with E-state index in [1.807, 2.05) is 42.5 Å². The number of hydrogen-bond acceptors (Lipinski definition) is 5. The molecule has 3 rings (SSSR count). The van der Waals surface area contributed by atoms with E-state index in [4.69, 9.17) is 21.4 Å². The molecule has 1 aromatic heterocycles. The number of likely N-dealkylation sites (N-methyl/N-ethyl adjacent to an activating group) is 1. The Morgan fingerprint density at radius 2 is 1.80 bits per heavy atom. The molecule has 0 radical (unpaired) electrons. The van der Waals surface area contributed by atoms with E-state index in [0.29, 0.717) is 30.1 Å². The van der Waals surface area contributed by atoms with Crippen LogP contribution in [0.3, 0.4) is 0 Å². The summed E-state index contributed by atoms with van der Waals surface area (Å²) in [6.07, 6.45) is 2.34. The molecule has 3 aromatic rings. The summed E-state index contributed by atoms with van der Waals surface area (Å²) in [5.41, 5.74) is 0.872. The molecule has 0 spiro atoms. The van der Waals surface area contributed by atoms with E-state index < -0.39 is 18.1 Å². The Labute approximate surface area is 208 Å². The van der Waals surface area contributed by atoms with E-state index in [-0.39, 0.29) is 25.4 Å². The van der Waals surface area contributed by atoms with Crippen LogP contribution in [-0.4, -0.2) is 52.7 Å². The zero-order valence-electron chi connectivity index (χ0n) is 19.4. The monoisotopic (exact) mass is 497 g/mol. The van der Waals surface area contributed by atoms with Crippen LogP contribution >= 0.6 is 11.6 Å². The summed E-state index contributed by atoms with van der Waals surface area (Å²) in [5.74, 6) is -0.719. The number of carboxylic acids is 1. The second kappa shape index (κ2) is 12.7. The first kappa shape index (κ1) is 26.0. The van der Waals surface area contributed by atoms with Gasteiger partial charge in [-0.25, -0.2) is 9.78 Å². The maximum Gasteiger partial charge on any atom is 0.412 e. The van der Waals surface area contributed by atoms with Crippen molar-refractivity contribution in [2.24, 2.45) is 0 Å². The first-order chi connectivity index (χ1) is 16.8. The Bertz CT molecular complexity index is 1190. The number of benzene rings is 2. The standard InChI is InChI=1S/C26H28ClN3O5/c1-30(24(31)14-13-18-7-4-5-11-22(18)27)21(10-6-12-25(32)33)17-35-26(34)29-23-15-19-8-2-3-9-20(19)16-28-23/h2-5,7-9,11,15-16,21H,6,10,12-14,17H2,1H3,(H,32,33)(H,28,29,34)/t21-/m0/s1. The molecule has 0 unspecified atom stereocenters. The minimum Gasteiger partial charge on any atom is -0.481 e. The van der Waals surface area contributed by atoms with Crippen LogP contribution in [0.5, 0.6) is 0 Å². The van der Waals surface area contributed by atoms with Gasteiger partial charge in [0, 0.05) is 36.5 Å². The van der Waals surface area contributed by atoms with Gasteiger partial charge in [-0.05, 0) is 42.3 Å². The van der Waals surface area contributed by atoms with Gasteiger partial charge in [-0.15, -0.1) is 0 Å². The Balaban J connectivity index is 1.58. The number of halogens is 1. The molecule has 35 heavy (non-hydrogen) atoms. The molecule has 0 aliphatic carbocycles. The molecule has 1 heterocycles. The van der Waals surface area contributed by atoms with Gasteiger partial charge in [0.15, 0.2) is 0 Å². The molecule has 2 amide bonds. The lowest BCUT2D eigenvalue weighted by molar-refractivity contribution is -0.137. The van der Waals surface area contributed by atoms with E-state index in [2.05, 4.69) is 10.3 Å². The number of carbonyl (C=O) groups excluding carboxylic acids is 2. The number of aromatic nitrogens is 1. The molecule has 0 aliphatic heterocycles. The molecule has 9 heteroatoms. The molecular formula is C26H28ClN3O5. The van der Waals surface area contributed by atoms with Crippen LogP contribution < -0.4 is 5.32 Å². The molecule has 0 fully saturated rings. The largest absolute Gasteiger partial charge is 0.481 e. The van der Waals surface area contributed by atoms with Gasteiger partial charge in [0.05, 0.1) is 6.04 Å². The van der Waals surface area contributed by atoms with Crippen LogP contribution in [0.15, 0.2) is 60.8 Å². The van der Waals surface area contributed by atoms with E-state index in [0.717, 1.165) is 16.3 Å². The molecule has 2 aromatic carbocycles. The van der Waals surface area contributed by atoms with E-state index in [1.165, 1.54) is 4.90 Å². The molecule has 2 N–H and O–H groups in total. The maximum absolute atomic E-state index is 12.8. The van der Waals surface area contributed by atoms with E-state index in [1.54, 1.807) is 25.4 Å². The molecule has 0 aliphatic rings. The molecule has 0 saturated heterocycles. The van der Waals surface area contributed by atoms with Crippen LogP contribution in [0, 0.1) is 0 Å². The second-order valence-corrected chi connectivity index (χ2v) is 8.58. The third-order valence-electron chi connectivity index (χ3n) is 5.70. The number of anilines is 1. The fraction of sp³-hybridized carbons (Fsp3) is 0.308. The summed E-state index contributed by atoms with van der Waals surface area (Å²) in [6, 6.07) is 16.2. The van der Waals surface area contributed by atoms with Gasteiger partial charge < -0.3 is 14.7 Å². The fourth-order valence-electron chi connectivity index (χ4n) is 3.66. The number of nitrogens with one attached hydrogen (secondary N) is 1. The van der Waals surface area contributed by atoms with Crippen molar-refractivity contribution >= 4 is 46.2 Å². The minimum absolute atomic E-state index is 0.0363. The van der Waals surface area contributed by atoms with Gasteiger partial charge in [-0.3, -0.25) is 14.9 Å². The predicted octanol–water partition coefficient (Wildman–Crippen LogP) is 5.15. The van der Waals surface area contributed by atoms with Crippen LogP contribution in [0.2, 0.25) is 5.02 Å². The Morgan fingerprint density at radius 3 is 2.54 bits per heavy atom. The normalized spacial score (nSPS) is 11.6. The van der Waals surface area contributed by atoms with Gasteiger partial charge >= 0.3 is 12.1 Å². The number of fused-ring (bicyclic) bond motifs is 1. The lowest BCUT2D eigenvalue weighted by Crippen LogP contribution is -2.41. The van der Waals surface area contributed by atoms with Gasteiger partial charge in [0.2, 0.25) is 5.91 Å². The predicted molar refractivity (Wildman–Crippen MR) is 135 cm³/mol. The number of carbonyl (C=O) groups is 3. The summed E-state index contributed by atoms with van der Waals surface area (Å²) in [5, 5.41) is 14.0. The summed E-state index contributed by atoms with van der Waals surface area (Å²) < 4.78 is 5.38. The summed E-state index contributed by atoms with van der Waals surface area (Å²) in [4.78, 5) is 41.9. The summed E-state index contributed by atoms with van der Waals surface area (Å²) in [6.45, 7) is -0.0760. The van der Waals surface area contributed by atoms with Crippen LogP contribution in [0.4, 0.5) is 10.6 Å². The van der Waals surface area contributed by atoms with Gasteiger partial charge in [-0.2, -0.15) is 0 Å². The average molecular weight is 498 g/mol. The highest BCUT2D eigenvalue weighted by atomic mass is 35.5. The maximum atomic E-state index is 12.8. The number of hydrogen-bond donors (Lipinski definition) is 2. The van der Waals surface area contributed by atoms with Crippen molar-refractivity contribution in [1.29, 1.82) is 0 Å². The van der Waals surface area contributed by atoms with Gasteiger partial charge in [0.1, 0.15) is 12.4 Å². The van der Waals surface area contributed by atoms with Crippen LogP contribution in [-0.2, 0) is 20.7 Å². The van der Waals surface area contributed by atoms with Gasteiger partial charge in [0.25, 0.3) is 0 Å². The SMILES string of the molecule is CN(C(=O)CCc1ccccc1Cl)[C@@H](CCCC(=O)O)COC(=O)Nc1cc2ccccc2cn1.